The summed E-state index contributed by atoms with van der Waals surface area (Å²) < 4.78 is 17.2. The maximum atomic E-state index is 12.3. The van der Waals surface area contributed by atoms with Gasteiger partial charge in [0.1, 0.15) is 5.75 Å². The van der Waals surface area contributed by atoms with Gasteiger partial charge in [0.15, 0.2) is 11.5 Å². The lowest BCUT2D eigenvalue weighted by Crippen LogP contribution is -2.24. The number of rotatable bonds is 7. The van der Waals surface area contributed by atoms with E-state index in [2.05, 4.69) is 20.8 Å². The normalized spacial score (nSPS) is 17.9. The van der Waals surface area contributed by atoms with Crippen LogP contribution in [0.25, 0.3) is 6.08 Å². The lowest BCUT2D eigenvalue weighted by Gasteiger charge is -2.10. The van der Waals surface area contributed by atoms with Crippen LogP contribution in [-0.2, 0) is 9.53 Å². The molecule has 0 saturated heterocycles. The van der Waals surface area contributed by atoms with E-state index in [1.807, 2.05) is 48.6 Å². The van der Waals surface area contributed by atoms with Gasteiger partial charge in [0.2, 0.25) is 12.4 Å². The lowest BCUT2D eigenvalue weighted by molar-refractivity contribution is -0.122. The fourth-order valence-corrected chi connectivity index (χ4v) is 4.08. The molecule has 0 spiro atoms. The van der Waals surface area contributed by atoms with Crippen molar-refractivity contribution < 1.29 is 28.9 Å². The summed E-state index contributed by atoms with van der Waals surface area (Å²) in [6.07, 6.45) is 3.91. The van der Waals surface area contributed by atoms with Gasteiger partial charge in [-0.1, -0.05) is 54.1 Å². The molecule has 2 aliphatic heterocycles. The number of phenols is 1. The molecule has 0 radical (unpaired) electrons. The first-order valence-electron chi connectivity index (χ1n) is 11.9. The molecule has 0 aliphatic carbocycles. The second-order valence-corrected chi connectivity index (χ2v) is 8.96. The number of amidine groups is 1. The van der Waals surface area contributed by atoms with E-state index in [-0.39, 0.29) is 28.3 Å². The second kappa shape index (κ2) is 11.3. The average molecular weight is 547 g/mol. The Hall–Kier alpha value is -4.83. The minimum atomic E-state index is -0.754. The van der Waals surface area contributed by atoms with E-state index < -0.39 is 18.3 Å². The van der Waals surface area contributed by atoms with Crippen LogP contribution in [0.2, 0.25) is 5.02 Å². The molecule has 11 heteroatoms. The number of phenolic OH excluding ortho intramolecular Hbond substituents is 1. The Kier molecular flexibility index (Phi) is 7.46. The smallest absolute Gasteiger partial charge is 0.296 e. The standard InChI is InChI=1S/C28H23ClN4O6/c1-16-37-23-13-17(15-31-33-26(35)20-9-10-22(34)21(29)14-20)12-19(24(23)38-16)8-5-11-30-28-32-27(36)25(39-28)18-6-3-2-4-7-18/h2-10,12-16,25,34H,11H2,1H3,(H,33,35)(H,30,32,36)/b8-5+,31-15+. The molecule has 2 atom stereocenters. The van der Waals surface area contributed by atoms with Gasteiger partial charge in [-0.25, -0.2) is 5.43 Å². The number of hydrogen-bond acceptors (Lipinski definition) is 8. The van der Waals surface area contributed by atoms with Gasteiger partial charge < -0.3 is 24.6 Å². The Morgan fingerprint density at radius 2 is 1.95 bits per heavy atom. The van der Waals surface area contributed by atoms with Crippen LogP contribution >= 0.6 is 11.6 Å². The number of nitrogens with zero attached hydrogens (tertiary/aromatic N) is 2. The van der Waals surface area contributed by atoms with Crippen molar-refractivity contribution in [2.75, 3.05) is 6.54 Å². The number of hydrazone groups is 1. The van der Waals surface area contributed by atoms with Gasteiger partial charge in [0, 0.05) is 30.2 Å². The van der Waals surface area contributed by atoms with Gasteiger partial charge in [-0.05, 0) is 35.9 Å². The number of ether oxygens (including phenoxy) is 3. The summed E-state index contributed by atoms with van der Waals surface area (Å²) in [6, 6.07) is 17.0. The third-order valence-electron chi connectivity index (χ3n) is 5.71. The summed E-state index contributed by atoms with van der Waals surface area (Å²) in [4.78, 5) is 28.5. The number of carbonyl (C=O) groups is 2. The fourth-order valence-electron chi connectivity index (χ4n) is 3.90. The summed E-state index contributed by atoms with van der Waals surface area (Å²) in [5.74, 6) is 0.148. The van der Waals surface area contributed by atoms with Crippen molar-refractivity contribution in [3.8, 4) is 17.2 Å². The third kappa shape index (κ3) is 6.02. The van der Waals surface area contributed by atoms with Crippen molar-refractivity contribution in [1.29, 1.82) is 0 Å². The molecule has 0 bridgehead atoms. The summed E-state index contributed by atoms with van der Waals surface area (Å²) in [6.45, 7) is 2.12. The van der Waals surface area contributed by atoms with Crippen molar-refractivity contribution in [2.24, 2.45) is 10.1 Å². The van der Waals surface area contributed by atoms with Crippen LogP contribution in [0.5, 0.6) is 17.2 Å². The number of aliphatic imine (C=N–C) groups is 1. The Bertz CT molecular complexity index is 1510. The van der Waals surface area contributed by atoms with Crippen LogP contribution in [0, 0.1) is 0 Å². The Morgan fingerprint density at radius 1 is 1.13 bits per heavy atom. The zero-order valence-electron chi connectivity index (χ0n) is 20.6. The monoisotopic (exact) mass is 546 g/mol. The van der Waals surface area contributed by atoms with E-state index in [0.29, 0.717) is 23.6 Å². The molecule has 39 heavy (non-hydrogen) atoms. The van der Waals surface area contributed by atoms with E-state index in [9.17, 15) is 14.7 Å². The van der Waals surface area contributed by atoms with Gasteiger partial charge in [0.25, 0.3) is 17.8 Å². The maximum absolute atomic E-state index is 12.3. The van der Waals surface area contributed by atoms with Crippen molar-refractivity contribution in [3.05, 3.63) is 94.0 Å². The molecule has 3 N–H and O–H groups in total. The number of hydrogen-bond donors (Lipinski definition) is 3. The highest BCUT2D eigenvalue weighted by Crippen LogP contribution is 2.39. The molecule has 0 aromatic heterocycles. The molecule has 3 aromatic rings. The molecule has 10 nitrogen and oxygen atoms in total. The SMILES string of the molecule is CC1Oc2cc(/C=N/NC(=O)c3ccc(O)c(Cl)c3)cc(/C=C/CNC3=NC(=O)C(c4ccccc4)O3)c2O1. The zero-order valence-corrected chi connectivity index (χ0v) is 21.4. The molecule has 198 valence electrons. The van der Waals surface area contributed by atoms with Gasteiger partial charge in [-0.15, -0.1) is 0 Å². The second-order valence-electron chi connectivity index (χ2n) is 8.55. The molecule has 3 aromatic carbocycles. The minimum absolute atomic E-state index is 0.0663. The van der Waals surface area contributed by atoms with Crippen molar-refractivity contribution in [1.82, 2.24) is 10.7 Å². The Morgan fingerprint density at radius 3 is 2.74 bits per heavy atom. The number of benzene rings is 3. The van der Waals surface area contributed by atoms with E-state index in [1.165, 1.54) is 24.4 Å². The van der Waals surface area contributed by atoms with Crippen LogP contribution in [0.1, 0.15) is 40.1 Å². The summed E-state index contributed by atoms with van der Waals surface area (Å²) >= 11 is 5.86. The van der Waals surface area contributed by atoms with Crippen LogP contribution in [0.15, 0.2) is 76.8 Å². The number of aromatic hydroxyl groups is 1. The van der Waals surface area contributed by atoms with Crippen LogP contribution in [0.3, 0.4) is 0 Å². The first kappa shape index (κ1) is 25.8. The largest absolute Gasteiger partial charge is 0.506 e. The van der Waals surface area contributed by atoms with E-state index in [4.69, 9.17) is 25.8 Å². The molecule has 2 aliphatic rings. The first-order valence-corrected chi connectivity index (χ1v) is 12.3. The molecule has 0 fully saturated rings. The van der Waals surface area contributed by atoms with Crippen molar-refractivity contribution in [2.45, 2.75) is 19.3 Å². The first-order chi connectivity index (χ1) is 18.9. The average Bonchev–Trinajstić information content (AvgIpc) is 3.49. The third-order valence-corrected chi connectivity index (χ3v) is 6.01. The van der Waals surface area contributed by atoms with Gasteiger partial charge in [0.05, 0.1) is 11.2 Å². The van der Waals surface area contributed by atoms with E-state index >= 15 is 0 Å². The molecule has 2 amide bonds. The molecule has 2 unspecified atom stereocenters. The Labute approximate surface area is 228 Å². The predicted octanol–water partition coefficient (Wildman–Crippen LogP) is 4.18. The van der Waals surface area contributed by atoms with Crippen LogP contribution < -0.4 is 20.2 Å². The quantitative estimate of drug-likeness (QED) is 0.299. The summed E-state index contributed by atoms with van der Waals surface area (Å²) in [5, 5.41) is 16.6. The minimum Gasteiger partial charge on any atom is -0.506 e. The summed E-state index contributed by atoms with van der Waals surface area (Å²) in [5.41, 5.74) is 4.80. The van der Waals surface area contributed by atoms with Gasteiger partial charge >= 0.3 is 0 Å². The highest BCUT2D eigenvalue weighted by atomic mass is 35.5. The molecule has 2 heterocycles. The lowest BCUT2D eigenvalue weighted by atomic mass is 10.1. The van der Waals surface area contributed by atoms with E-state index in [0.717, 1.165) is 11.1 Å². The number of nitrogens with one attached hydrogen (secondary N) is 2. The predicted molar refractivity (Wildman–Crippen MR) is 145 cm³/mol. The van der Waals surface area contributed by atoms with Crippen molar-refractivity contribution in [3.63, 3.8) is 0 Å². The highest BCUT2D eigenvalue weighted by Gasteiger charge is 2.30. The topological polar surface area (TPSA) is 131 Å². The van der Waals surface area contributed by atoms with Crippen molar-refractivity contribution >= 4 is 41.7 Å². The zero-order chi connectivity index (χ0) is 27.4. The maximum Gasteiger partial charge on any atom is 0.296 e. The van der Waals surface area contributed by atoms with Gasteiger partial charge in [-0.2, -0.15) is 10.1 Å². The Balaban J connectivity index is 1.23. The van der Waals surface area contributed by atoms with Crippen LogP contribution in [-0.4, -0.2) is 42.0 Å². The highest BCUT2D eigenvalue weighted by molar-refractivity contribution is 6.32. The molecule has 5 rings (SSSR count). The number of amides is 2. The number of halogens is 1. The van der Waals surface area contributed by atoms with Crippen LogP contribution in [0.4, 0.5) is 0 Å². The van der Waals surface area contributed by atoms with Gasteiger partial charge in [-0.3, -0.25) is 9.59 Å². The number of carbonyl (C=O) groups excluding carboxylic acids is 2. The van der Waals surface area contributed by atoms with E-state index in [1.54, 1.807) is 13.0 Å². The molecular formula is C28H23ClN4O6. The summed E-state index contributed by atoms with van der Waals surface area (Å²) in [7, 11) is 0. The fraction of sp³-hybridized carbons (Fsp3) is 0.143. The number of fused-ring (bicyclic) bond motifs is 1. The molecule has 0 saturated carbocycles. The molecular weight excluding hydrogens is 524 g/mol.